The number of nitrogens with one attached hydrogen (secondary N) is 1. The van der Waals surface area contributed by atoms with Crippen molar-refractivity contribution in [3.63, 3.8) is 0 Å². The molecule has 1 aromatic rings. The van der Waals surface area contributed by atoms with E-state index >= 15 is 0 Å². The molecule has 0 atom stereocenters. The van der Waals surface area contributed by atoms with Gasteiger partial charge < -0.3 is 0 Å². The summed E-state index contributed by atoms with van der Waals surface area (Å²) in [5, 5.41) is 6.22. The Bertz CT molecular complexity index is 558. The van der Waals surface area contributed by atoms with Crippen LogP contribution in [0.1, 0.15) is 18.5 Å². The first-order valence-corrected chi connectivity index (χ1v) is 5.69. The Morgan fingerprint density at radius 2 is 2.11 bits per heavy atom. The van der Waals surface area contributed by atoms with Gasteiger partial charge in [0.05, 0.1) is 12.2 Å². The molecule has 2 heterocycles. The number of hydrogen-bond acceptors (Lipinski definition) is 4. The van der Waals surface area contributed by atoms with Gasteiger partial charge in [-0.1, -0.05) is 0 Å². The number of hydrogen-bond donors (Lipinski definition) is 1. The summed E-state index contributed by atoms with van der Waals surface area (Å²) in [4.78, 5) is 36.6. The zero-order valence-electron chi connectivity index (χ0n) is 9.84. The van der Waals surface area contributed by atoms with Crippen molar-refractivity contribution in [1.82, 2.24) is 20.0 Å². The molecule has 1 aliphatic carbocycles. The van der Waals surface area contributed by atoms with Crippen LogP contribution in [0.5, 0.6) is 0 Å². The average molecular weight is 248 g/mol. The highest BCUT2D eigenvalue weighted by Gasteiger charge is 2.62. The molecule has 2 fully saturated rings. The topological polar surface area (TPSA) is 84.3 Å². The second kappa shape index (κ2) is 3.41. The van der Waals surface area contributed by atoms with E-state index in [1.165, 1.54) is 0 Å². The second-order valence-electron chi connectivity index (χ2n) is 4.68. The Kier molecular flexibility index (Phi) is 2.07. The molecule has 94 valence electrons. The molecule has 2 aliphatic rings. The molecule has 0 unspecified atom stereocenters. The van der Waals surface area contributed by atoms with Crippen LogP contribution < -0.4 is 5.32 Å². The minimum atomic E-state index is -0.980. The molecule has 4 amide bonds. The summed E-state index contributed by atoms with van der Waals surface area (Å²) in [6.45, 7) is 0.135. The first-order valence-electron chi connectivity index (χ1n) is 5.69. The van der Waals surface area contributed by atoms with Gasteiger partial charge in [-0.25, -0.2) is 4.79 Å². The first-order chi connectivity index (χ1) is 8.54. The maximum atomic E-state index is 12.2. The van der Waals surface area contributed by atoms with Gasteiger partial charge in [0.25, 0.3) is 0 Å². The van der Waals surface area contributed by atoms with E-state index < -0.39 is 23.3 Å². The monoisotopic (exact) mass is 248 g/mol. The number of carbonyl (C=O) groups is 3. The van der Waals surface area contributed by atoms with E-state index in [0.29, 0.717) is 12.8 Å². The van der Waals surface area contributed by atoms with Crippen LogP contribution in [0.4, 0.5) is 4.79 Å². The fraction of sp³-hybridized carbons (Fsp3) is 0.455. The van der Waals surface area contributed by atoms with E-state index in [-0.39, 0.29) is 6.54 Å². The van der Waals surface area contributed by atoms with Gasteiger partial charge in [0.15, 0.2) is 0 Å². The van der Waals surface area contributed by atoms with Gasteiger partial charge in [-0.3, -0.25) is 24.5 Å². The third kappa shape index (κ3) is 1.36. The largest absolute Gasteiger partial charge is 0.331 e. The molecule has 1 aliphatic heterocycles. The van der Waals surface area contributed by atoms with E-state index in [9.17, 15) is 14.4 Å². The van der Waals surface area contributed by atoms with E-state index in [1.807, 2.05) is 0 Å². The standard InChI is InChI=1S/C11H12N4O3/c1-14-7(2-5-12-14)6-15-9(17)11(3-4-11)8(16)13-10(15)18/h2,5H,3-4,6H2,1H3,(H,13,16,18). The van der Waals surface area contributed by atoms with Crippen LogP contribution in [0.3, 0.4) is 0 Å². The van der Waals surface area contributed by atoms with Crippen LogP contribution in [0, 0.1) is 5.41 Å². The number of urea groups is 1. The van der Waals surface area contributed by atoms with Gasteiger partial charge in [-0.05, 0) is 18.9 Å². The fourth-order valence-corrected chi connectivity index (χ4v) is 2.16. The Balaban J connectivity index is 1.87. The minimum absolute atomic E-state index is 0.135. The van der Waals surface area contributed by atoms with E-state index in [2.05, 4.69) is 10.4 Å². The third-order valence-corrected chi connectivity index (χ3v) is 3.55. The zero-order chi connectivity index (χ0) is 12.9. The van der Waals surface area contributed by atoms with Crippen molar-refractivity contribution < 1.29 is 14.4 Å². The molecule has 1 saturated heterocycles. The number of barbiturate groups is 1. The molecular formula is C11H12N4O3. The molecule has 7 heteroatoms. The lowest BCUT2D eigenvalue weighted by Gasteiger charge is -2.30. The van der Waals surface area contributed by atoms with Gasteiger partial charge >= 0.3 is 6.03 Å². The van der Waals surface area contributed by atoms with Gasteiger partial charge in [-0.2, -0.15) is 5.10 Å². The molecule has 0 radical (unpaired) electrons. The van der Waals surface area contributed by atoms with Crippen LogP contribution in [-0.4, -0.2) is 32.5 Å². The molecule has 0 bridgehead atoms. The molecule has 18 heavy (non-hydrogen) atoms. The van der Waals surface area contributed by atoms with Gasteiger partial charge in [0.2, 0.25) is 11.8 Å². The Morgan fingerprint density at radius 3 is 2.67 bits per heavy atom. The second-order valence-corrected chi connectivity index (χ2v) is 4.68. The average Bonchev–Trinajstić information content (AvgIpc) is 3.03. The van der Waals surface area contributed by atoms with Crippen molar-refractivity contribution in [2.24, 2.45) is 12.5 Å². The number of rotatable bonds is 2. The first kappa shape index (κ1) is 10.9. The summed E-state index contributed by atoms with van der Waals surface area (Å²) >= 11 is 0. The predicted molar refractivity (Wildman–Crippen MR) is 59.0 cm³/mol. The molecule has 1 aromatic heterocycles. The van der Waals surface area contributed by atoms with E-state index in [4.69, 9.17) is 0 Å². The summed E-state index contributed by atoms with van der Waals surface area (Å²) in [5.74, 6) is -0.851. The summed E-state index contributed by atoms with van der Waals surface area (Å²) < 4.78 is 1.59. The van der Waals surface area contributed by atoms with Crippen molar-refractivity contribution in [2.75, 3.05) is 0 Å². The van der Waals surface area contributed by atoms with Gasteiger partial charge in [0.1, 0.15) is 5.41 Å². The zero-order valence-corrected chi connectivity index (χ0v) is 9.84. The highest BCUT2D eigenvalue weighted by Crippen LogP contribution is 2.49. The van der Waals surface area contributed by atoms with Gasteiger partial charge in [0, 0.05) is 13.2 Å². The molecular weight excluding hydrogens is 236 g/mol. The fourth-order valence-electron chi connectivity index (χ4n) is 2.16. The number of imide groups is 2. The third-order valence-electron chi connectivity index (χ3n) is 3.55. The lowest BCUT2D eigenvalue weighted by atomic mass is 10.0. The maximum absolute atomic E-state index is 12.2. The van der Waals surface area contributed by atoms with Crippen molar-refractivity contribution in [3.8, 4) is 0 Å². The molecule has 1 saturated carbocycles. The highest BCUT2D eigenvalue weighted by atomic mass is 16.2. The quantitative estimate of drug-likeness (QED) is 0.733. The summed E-state index contributed by atoms with van der Waals surface area (Å²) in [6, 6.07) is 1.08. The van der Waals surface area contributed by atoms with Crippen LogP contribution in [-0.2, 0) is 23.2 Å². The van der Waals surface area contributed by atoms with E-state index in [1.54, 1.807) is 24.0 Å². The predicted octanol–water partition coefficient (Wildman–Crippen LogP) is -0.221. The van der Waals surface area contributed by atoms with Crippen LogP contribution >= 0.6 is 0 Å². The maximum Gasteiger partial charge on any atom is 0.331 e. The lowest BCUT2D eigenvalue weighted by Crippen LogP contribution is -2.58. The number of nitrogens with zero attached hydrogens (tertiary/aromatic N) is 3. The summed E-state index contributed by atoms with van der Waals surface area (Å²) in [7, 11) is 1.74. The number of aryl methyl sites for hydroxylation is 1. The Morgan fingerprint density at radius 1 is 1.39 bits per heavy atom. The molecule has 1 spiro atoms. The molecule has 7 nitrogen and oxygen atoms in total. The SMILES string of the molecule is Cn1nccc1CN1C(=O)NC(=O)C2(CC2)C1=O. The van der Waals surface area contributed by atoms with Crippen LogP contribution in [0.15, 0.2) is 12.3 Å². The number of aromatic nitrogens is 2. The molecule has 3 rings (SSSR count). The van der Waals surface area contributed by atoms with Crippen molar-refractivity contribution in [2.45, 2.75) is 19.4 Å². The molecule has 0 aromatic carbocycles. The van der Waals surface area contributed by atoms with Crippen molar-refractivity contribution >= 4 is 17.8 Å². The summed E-state index contributed by atoms with van der Waals surface area (Å²) in [6.07, 6.45) is 2.64. The highest BCUT2D eigenvalue weighted by molar-refractivity contribution is 6.20. The number of carbonyl (C=O) groups excluding carboxylic acids is 3. The molecule has 1 N–H and O–H groups in total. The normalized spacial score (nSPS) is 21.4. The Labute approximate surface area is 103 Å². The number of amides is 4. The van der Waals surface area contributed by atoms with Crippen molar-refractivity contribution in [1.29, 1.82) is 0 Å². The van der Waals surface area contributed by atoms with Gasteiger partial charge in [-0.15, -0.1) is 0 Å². The summed E-state index contributed by atoms with van der Waals surface area (Å²) in [5.41, 5.74) is -0.240. The smallest absolute Gasteiger partial charge is 0.277 e. The lowest BCUT2D eigenvalue weighted by molar-refractivity contribution is -0.145. The van der Waals surface area contributed by atoms with Crippen LogP contribution in [0.25, 0.3) is 0 Å². The van der Waals surface area contributed by atoms with Crippen molar-refractivity contribution in [3.05, 3.63) is 18.0 Å². The van der Waals surface area contributed by atoms with E-state index in [0.717, 1.165) is 10.6 Å². The minimum Gasteiger partial charge on any atom is -0.277 e. The Hall–Kier alpha value is -2.18. The van der Waals surface area contributed by atoms with Crippen LogP contribution in [0.2, 0.25) is 0 Å².